The van der Waals surface area contributed by atoms with E-state index in [4.69, 9.17) is 15.2 Å². The van der Waals surface area contributed by atoms with E-state index in [2.05, 4.69) is 11.0 Å². The molecule has 1 atom stereocenters. The number of hydrogen-bond acceptors (Lipinski definition) is 4. The molecule has 1 unspecified atom stereocenters. The van der Waals surface area contributed by atoms with Crippen LogP contribution in [-0.2, 0) is 0 Å². The molecular formula is C17H22N2O2. The van der Waals surface area contributed by atoms with E-state index in [0.717, 1.165) is 22.7 Å². The second-order valence-electron chi connectivity index (χ2n) is 4.80. The second-order valence-corrected chi connectivity index (χ2v) is 4.80. The molecule has 2 N–H and O–H groups in total. The van der Waals surface area contributed by atoms with E-state index in [-0.39, 0.29) is 6.04 Å². The standard InChI is InChI=1S/C17H22N2O2/c1-19(13-8-10-14(20-2)11-9-13)16(12-18)15-6-4-5-7-17(15)21-3/h4-11,16H,12,18H2,1-3H3. The summed E-state index contributed by atoms with van der Waals surface area (Å²) in [7, 11) is 5.38. The number of anilines is 1. The van der Waals surface area contributed by atoms with Crippen LogP contribution >= 0.6 is 0 Å². The normalized spacial score (nSPS) is 11.8. The summed E-state index contributed by atoms with van der Waals surface area (Å²) in [4.78, 5) is 2.15. The van der Waals surface area contributed by atoms with Gasteiger partial charge in [0.05, 0.1) is 20.3 Å². The molecule has 0 radical (unpaired) electrons. The first-order valence-corrected chi connectivity index (χ1v) is 6.91. The zero-order valence-corrected chi connectivity index (χ0v) is 12.7. The van der Waals surface area contributed by atoms with Gasteiger partial charge in [0.25, 0.3) is 0 Å². The Morgan fingerprint density at radius 1 is 1.00 bits per heavy atom. The maximum atomic E-state index is 6.00. The second kappa shape index (κ2) is 6.99. The molecule has 4 heteroatoms. The van der Waals surface area contributed by atoms with Crippen LogP contribution in [0.3, 0.4) is 0 Å². The zero-order chi connectivity index (χ0) is 15.2. The van der Waals surface area contributed by atoms with E-state index in [1.807, 2.05) is 49.5 Å². The largest absolute Gasteiger partial charge is 0.497 e. The topological polar surface area (TPSA) is 47.7 Å². The molecule has 0 aromatic heterocycles. The van der Waals surface area contributed by atoms with Gasteiger partial charge in [-0.3, -0.25) is 0 Å². The summed E-state index contributed by atoms with van der Waals surface area (Å²) in [6.45, 7) is 0.503. The molecule has 0 aliphatic heterocycles. The van der Waals surface area contributed by atoms with Crippen molar-refractivity contribution in [3.05, 3.63) is 54.1 Å². The SMILES string of the molecule is COc1ccc(N(C)C(CN)c2ccccc2OC)cc1. The maximum absolute atomic E-state index is 6.00. The Morgan fingerprint density at radius 3 is 2.24 bits per heavy atom. The van der Waals surface area contributed by atoms with E-state index >= 15 is 0 Å². The van der Waals surface area contributed by atoms with Crippen LogP contribution in [-0.4, -0.2) is 27.8 Å². The van der Waals surface area contributed by atoms with E-state index in [1.54, 1.807) is 14.2 Å². The number of hydrogen-bond donors (Lipinski definition) is 1. The quantitative estimate of drug-likeness (QED) is 0.887. The van der Waals surface area contributed by atoms with Crippen LogP contribution in [0.2, 0.25) is 0 Å². The highest BCUT2D eigenvalue weighted by molar-refractivity contribution is 5.52. The maximum Gasteiger partial charge on any atom is 0.124 e. The van der Waals surface area contributed by atoms with Crippen molar-refractivity contribution in [1.82, 2.24) is 0 Å². The van der Waals surface area contributed by atoms with Crippen molar-refractivity contribution in [2.45, 2.75) is 6.04 Å². The van der Waals surface area contributed by atoms with E-state index < -0.39 is 0 Å². The average molecular weight is 286 g/mol. The number of nitrogens with two attached hydrogens (primary N) is 1. The van der Waals surface area contributed by atoms with Gasteiger partial charge < -0.3 is 20.1 Å². The van der Waals surface area contributed by atoms with Gasteiger partial charge in [0.2, 0.25) is 0 Å². The smallest absolute Gasteiger partial charge is 0.124 e. The molecule has 0 amide bonds. The third kappa shape index (κ3) is 3.28. The molecule has 21 heavy (non-hydrogen) atoms. The third-order valence-corrected chi connectivity index (χ3v) is 3.67. The highest BCUT2D eigenvalue weighted by atomic mass is 16.5. The van der Waals surface area contributed by atoms with Crippen LogP contribution in [0.4, 0.5) is 5.69 Å². The average Bonchev–Trinajstić information content (AvgIpc) is 2.56. The first kappa shape index (κ1) is 15.2. The number of likely N-dealkylation sites (N-methyl/N-ethyl adjacent to an activating group) is 1. The van der Waals surface area contributed by atoms with Crippen LogP contribution in [0.15, 0.2) is 48.5 Å². The summed E-state index contributed by atoms with van der Waals surface area (Å²) in [5, 5.41) is 0. The van der Waals surface area contributed by atoms with Crippen molar-refractivity contribution < 1.29 is 9.47 Å². The fraction of sp³-hybridized carbons (Fsp3) is 0.294. The predicted molar refractivity (Wildman–Crippen MR) is 86.2 cm³/mol. The number of ether oxygens (including phenoxy) is 2. The lowest BCUT2D eigenvalue weighted by Gasteiger charge is -2.30. The Morgan fingerprint density at radius 2 is 1.67 bits per heavy atom. The van der Waals surface area contributed by atoms with Crippen LogP contribution in [0.1, 0.15) is 11.6 Å². The number of rotatable bonds is 6. The molecule has 0 aliphatic rings. The summed E-state index contributed by atoms with van der Waals surface area (Å²) in [6.07, 6.45) is 0. The minimum absolute atomic E-state index is 0.0505. The van der Waals surface area contributed by atoms with Crippen LogP contribution in [0.25, 0.3) is 0 Å². The summed E-state index contributed by atoms with van der Waals surface area (Å²) < 4.78 is 10.6. The lowest BCUT2D eigenvalue weighted by atomic mass is 10.0. The Labute approximate surface area is 126 Å². The summed E-state index contributed by atoms with van der Waals surface area (Å²) in [5.41, 5.74) is 8.17. The number of nitrogens with zero attached hydrogens (tertiary/aromatic N) is 1. The van der Waals surface area contributed by atoms with E-state index in [0.29, 0.717) is 6.54 Å². The highest BCUT2D eigenvalue weighted by Crippen LogP contribution is 2.31. The molecule has 2 aromatic rings. The van der Waals surface area contributed by atoms with Gasteiger partial charge in [-0.2, -0.15) is 0 Å². The lowest BCUT2D eigenvalue weighted by Crippen LogP contribution is -2.30. The fourth-order valence-electron chi connectivity index (χ4n) is 2.43. The van der Waals surface area contributed by atoms with Gasteiger partial charge in [-0.15, -0.1) is 0 Å². The molecule has 0 fully saturated rings. The van der Waals surface area contributed by atoms with E-state index in [9.17, 15) is 0 Å². The van der Waals surface area contributed by atoms with Gasteiger partial charge in [-0.1, -0.05) is 18.2 Å². The fourth-order valence-corrected chi connectivity index (χ4v) is 2.43. The summed E-state index contributed by atoms with van der Waals surface area (Å²) in [6, 6.07) is 16.0. The Bertz CT molecular complexity index is 569. The van der Waals surface area contributed by atoms with Gasteiger partial charge in [-0.05, 0) is 30.3 Å². The van der Waals surface area contributed by atoms with Gasteiger partial charge in [0, 0.05) is 24.8 Å². The minimum atomic E-state index is 0.0505. The van der Waals surface area contributed by atoms with Gasteiger partial charge in [0.1, 0.15) is 11.5 Å². The summed E-state index contributed by atoms with van der Waals surface area (Å²) in [5.74, 6) is 1.70. The minimum Gasteiger partial charge on any atom is -0.497 e. The Kier molecular flexibility index (Phi) is 5.06. The molecule has 4 nitrogen and oxygen atoms in total. The molecule has 0 bridgehead atoms. The zero-order valence-electron chi connectivity index (χ0n) is 12.7. The molecule has 0 aliphatic carbocycles. The number of benzene rings is 2. The molecule has 0 saturated heterocycles. The first-order valence-electron chi connectivity index (χ1n) is 6.91. The lowest BCUT2D eigenvalue weighted by molar-refractivity contribution is 0.405. The van der Waals surface area contributed by atoms with Gasteiger partial charge in [0.15, 0.2) is 0 Å². The number of methoxy groups -OCH3 is 2. The molecule has 2 aromatic carbocycles. The molecule has 0 saturated carbocycles. The van der Waals surface area contributed by atoms with Crippen molar-refractivity contribution in [3.8, 4) is 11.5 Å². The number of para-hydroxylation sites is 1. The Hall–Kier alpha value is -2.20. The summed E-state index contributed by atoms with van der Waals surface area (Å²) >= 11 is 0. The van der Waals surface area contributed by atoms with Gasteiger partial charge >= 0.3 is 0 Å². The van der Waals surface area contributed by atoms with Crippen LogP contribution < -0.4 is 20.1 Å². The van der Waals surface area contributed by atoms with Crippen LogP contribution in [0.5, 0.6) is 11.5 Å². The molecular weight excluding hydrogens is 264 g/mol. The first-order chi connectivity index (χ1) is 10.2. The van der Waals surface area contributed by atoms with Gasteiger partial charge in [-0.25, -0.2) is 0 Å². The van der Waals surface area contributed by atoms with Crippen molar-refractivity contribution in [1.29, 1.82) is 0 Å². The molecule has 2 rings (SSSR count). The van der Waals surface area contributed by atoms with Crippen molar-refractivity contribution in [2.75, 3.05) is 32.7 Å². The molecule has 0 heterocycles. The van der Waals surface area contributed by atoms with Crippen molar-refractivity contribution in [2.24, 2.45) is 5.73 Å². The molecule has 0 spiro atoms. The monoisotopic (exact) mass is 286 g/mol. The van der Waals surface area contributed by atoms with Crippen LogP contribution in [0, 0.1) is 0 Å². The predicted octanol–water partition coefficient (Wildman–Crippen LogP) is 2.84. The Balaban J connectivity index is 2.31. The van der Waals surface area contributed by atoms with Crippen molar-refractivity contribution in [3.63, 3.8) is 0 Å². The van der Waals surface area contributed by atoms with Crippen molar-refractivity contribution >= 4 is 5.69 Å². The molecule has 112 valence electrons. The third-order valence-electron chi connectivity index (χ3n) is 3.67. The highest BCUT2D eigenvalue weighted by Gasteiger charge is 2.19. The van der Waals surface area contributed by atoms with E-state index in [1.165, 1.54) is 0 Å².